The second-order valence-corrected chi connectivity index (χ2v) is 3.46. The van der Waals surface area contributed by atoms with Crippen molar-refractivity contribution in [2.45, 2.75) is 12.8 Å². The van der Waals surface area contributed by atoms with Crippen molar-refractivity contribution in [3.05, 3.63) is 29.6 Å². The van der Waals surface area contributed by atoms with Crippen molar-refractivity contribution < 1.29 is 24.6 Å². The largest absolute Gasteiger partial charge is 0.481 e. The number of aliphatic carboxylic acids is 1. The lowest BCUT2D eigenvalue weighted by molar-refractivity contribution is -0.137. The molecule has 0 saturated heterocycles. The average Bonchev–Trinajstić information content (AvgIpc) is 2.34. The Kier molecular flexibility index (Phi) is 4.79. The van der Waals surface area contributed by atoms with E-state index in [9.17, 15) is 14.4 Å². The number of carboxylic acids is 2. The van der Waals surface area contributed by atoms with Gasteiger partial charge in [0.05, 0.1) is 5.56 Å². The van der Waals surface area contributed by atoms with Crippen molar-refractivity contribution >= 4 is 17.8 Å². The van der Waals surface area contributed by atoms with Crippen LogP contribution in [-0.4, -0.2) is 39.6 Å². The molecule has 0 radical (unpaired) electrons. The minimum atomic E-state index is -1.24. The number of aromatic carboxylic acids is 1. The van der Waals surface area contributed by atoms with Crippen LogP contribution in [0.2, 0.25) is 0 Å². The number of nitrogens with one attached hydrogen (secondary N) is 1. The highest BCUT2D eigenvalue weighted by molar-refractivity contribution is 6.03. The molecule has 96 valence electrons. The van der Waals surface area contributed by atoms with Crippen LogP contribution < -0.4 is 5.32 Å². The molecular formula is C11H12N2O5. The Bertz CT molecular complexity index is 472. The molecule has 0 saturated carbocycles. The minimum absolute atomic E-state index is 0.0612. The van der Waals surface area contributed by atoms with E-state index < -0.39 is 17.8 Å². The van der Waals surface area contributed by atoms with Gasteiger partial charge in [0.2, 0.25) is 0 Å². The summed E-state index contributed by atoms with van der Waals surface area (Å²) in [6.45, 7) is 0.154. The number of amides is 1. The number of rotatable bonds is 6. The van der Waals surface area contributed by atoms with Gasteiger partial charge < -0.3 is 15.5 Å². The summed E-state index contributed by atoms with van der Waals surface area (Å²) in [4.78, 5) is 36.4. The first-order chi connectivity index (χ1) is 8.52. The fraction of sp³-hybridized carbons (Fsp3) is 0.273. The third-order valence-corrected chi connectivity index (χ3v) is 2.11. The fourth-order valence-electron chi connectivity index (χ4n) is 1.28. The van der Waals surface area contributed by atoms with Gasteiger partial charge in [-0.25, -0.2) is 4.79 Å². The number of carbonyl (C=O) groups excluding carboxylic acids is 1. The maximum Gasteiger partial charge on any atom is 0.338 e. The van der Waals surface area contributed by atoms with Crippen molar-refractivity contribution in [3.8, 4) is 0 Å². The van der Waals surface area contributed by atoms with Crippen molar-refractivity contribution in [2.24, 2.45) is 0 Å². The molecule has 0 spiro atoms. The summed E-state index contributed by atoms with van der Waals surface area (Å²) in [6, 6.07) is 2.70. The number of hydrogen-bond donors (Lipinski definition) is 3. The van der Waals surface area contributed by atoms with Gasteiger partial charge in [0.1, 0.15) is 5.69 Å². The van der Waals surface area contributed by atoms with E-state index in [0.717, 1.165) is 0 Å². The topological polar surface area (TPSA) is 117 Å². The number of pyridine rings is 1. The Labute approximate surface area is 102 Å². The van der Waals surface area contributed by atoms with Crippen LogP contribution in [0.3, 0.4) is 0 Å². The average molecular weight is 252 g/mol. The number of carbonyl (C=O) groups is 3. The van der Waals surface area contributed by atoms with Gasteiger partial charge in [-0.2, -0.15) is 0 Å². The standard InChI is InChI=1S/C11H12N2O5/c14-8(15)4-2-6-13-10(16)9-7(11(17)18)3-1-5-12-9/h1,3,5H,2,4,6H2,(H,13,16)(H,14,15)(H,17,18). The van der Waals surface area contributed by atoms with Gasteiger partial charge in [-0.1, -0.05) is 0 Å². The van der Waals surface area contributed by atoms with E-state index in [2.05, 4.69) is 10.3 Å². The van der Waals surface area contributed by atoms with Crippen LogP contribution >= 0.6 is 0 Å². The summed E-state index contributed by atoms with van der Waals surface area (Å²) in [7, 11) is 0. The number of hydrogen-bond acceptors (Lipinski definition) is 4. The molecule has 0 bridgehead atoms. The smallest absolute Gasteiger partial charge is 0.338 e. The zero-order valence-corrected chi connectivity index (χ0v) is 9.42. The molecule has 0 aromatic carbocycles. The summed E-state index contributed by atoms with van der Waals surface area (Å²) >= 11 is 0. The molecule has 0 fully saturated rings. The van der Waals surface area contributed by atoms with Gasteiger partial charge in [0.15, 0.2) is 0 Å². The highest BCUT2D eigenvalue weighted by Crippen LogP contribution is 2.05. The molecular weight excluding hydrogens is 240 g/mol. The molecule has 18 heavy (non-hydrogen) atoms. The van der Waals surface area contributed by atoms with E-state index in [1.807, 2.05) is 0 Å². The molecule has 0 unspecified atom stereocenters. The summed E-state index contributed by atoms with van der Waals surface area (Å²) in [6.07, 6.45) is 1.53. The monoisotopic (exact) mass is 252 g/mol. The van der Waals surface area contributed by atoms with Gasteiger partial charge >= 0.3 is 11.9 Å². The Morgan fingerprint density at radius 1 is 1.28 bits per heavy atom. The van der Waals surface area contributed by atoms with Crippen LogP contribution in [0, 0.1) is 0 Å². The molecule has 1 heterocycles. The Balaban J connectivity index is 2.61. The van der Waals surface area contributed by atoms with Gasteiger partial charge in [-0.15, -0.1) is 0 Å². The second-order valence-electron chi connectivity index (χ2n) is 3.46. The van der Waals surface area contributed by atoms with Crippen molar-refractivity contribution in [1.29, 1.82) is 0 Å². The first kappa shape index (κ1) is 13.6. The van der Waals surface area contributed by atoms with E-state index in [4.69, 9.17) is 10.2 Å². The van der Waals surface area contributed by atoms with E-state index in [0.29, 0.717) is 0 Å². The Morgan fingerprint density at radius 3 is 2.61 bits per heavy atom. The van der Waals surface area contributed by atoms with E-state index in [-0.39, 0.29) is 30.6 Å². The van der Waals surface area contributed by atoms with Crippen LogP contribution in [0.15, 0.2) is 18.3 Å². The predicted octanol–water partition coefficient (Wildman–Crippen LogP) is 0.374. The third kappa shape index (κ3) is 3.85. The lowest BCUT2D eigenvalue weighted by Gasteiger charge is -2.05. The highest BCUT2D eigenvalue weighted by Gasteiger charge is 2.16. The third-order valence-electron chi connectivity index (χ3n) is 2.11. The van der Waals surface area contributed by atoms with E-state index >= 15 is 0 Å². The van der Waals surface area contributed by atoms with Gasteiger partial charge in [-0.3, -0.25) is 14.6 Å². The molecule has 0 aliphatic heterocycles. The molecule has 1 amide bonds. The predicted molar refractivity (Wildman–Crippen MR) is 60.4 cm³/mol. The summed E-state index contributed by atoms with van der Waals surface area (Å²) < 4.78 is 0. The molecule has 1 rings (SSSR count). The van der Waals surface area contributed by atoms with Crippen molar-refractivity contribution in [1.82, 2.24) is 10.3 Å². The normalized spacial score (nSPS) is 9.78. The number of nitrogens with zero attached hydrogens (tertiary/aromatic N) is 1. The zero-order valence-electron chi connectivity index (χ0n) is 9.42. The SMILES string of the molecule is O=C(O)CCCNC(=O)c1ncccc1C(=O)O. The summed E-state index contributed by atoms with van der Waals surface area (Å²) in [5.74, 6) is -2.81. The van der Waals surface area contributed by atoms with Crippen LogP contribution in [0.25, 0.3) is 0 Å². The molecule has 1 aromatic rings. The molecule has 0 aliphatic rings. The summed E-state index contributed by atoms with van der Waals surface area (Å²) in [5.41, 5.74) is -0.367. The Morgan fingerprint density at radius 2 is 2.00 bits per heavy atom. The molecule has 3 N–H and O–H groups in total. The van der Waals surface area contributed by atoms with E-state index in [1.54, 1.807) is 0 Å². The molecule has 1 aromatic heterocycles. The fourth-order valence-corrected chi connectivity index (χ4v) is 1.28. The van der Waals surface area contributed by atoms with Crippen LogP contribution in [0.1, 0.15) is 33.7 Å². The maximum absolute atomic E-state index is 11.6. The number of aromatic nitrogens is 1. The van der Waals surface area contributed by atoms with Gasteiger partial charge in [0.25, 0.3) is 5.91 Å². The van der Waals surface area contributed by atoms with Crippen molar-refractivity contribution in [3.63, 3.8) is 0 Å². The van der Waals surface area contributed by atoms with Crippen LogP contribution in [0.5, 0.6) is 0 Å². The lowest BCUT2D eigenvalue weighted by atomic mass is 10.2. The van der Waals surface area contributed by atoms with Crippen molar-refractivity contribution in [2.75, 3.05) is 6.54 Å². The lowest BCUT2D eigenvalue weighted by Crippen LogP contribution is -2.27. The maximum atomic E-state index is 11.6. The Hall–Kier alpha value is -2.44. The second kappa shape index (κ2) is 6.33. The van der Waals surface area contributed by atoms with Crippen LogP contribution in [-0.2, 0) is 4.79 Å². The van der Waals surface area contributed by atoms with Crippen LogP contribution in [0.4, 0.5) is 0 Å². The molecule has 0 aliphatic carbocycles. The molecule has 7 heteroatoms. The number of carboxylic acid groups (broad SMARTS) is 2. The molecule has 7 nitrogen and oxygen atoms in total. The van der Waals surface area contributed by atoms with E-state index in [1.165, 1.54) is 18.3 Å². The quantitative estimate of drug-likeness (QED) is 0.630. The highest BCUT2D eigenvalue weighted by atomic mass is 16.4. The minimum Gasteiger partial charge on any atom is -0.481 e. The molecule has 0 atom stereocenters. The van der Waals surface area contributed by atoms with Gasteiger partial charge in [0, 0.05) is 19.2 Å². The first-order valence-corrected chi connectivity index (χ1v) is 5.20. The summed E-state index contributed by atoms with van der Waals surface area (Å²) in [5, 5.41) is 19.7. The zero-order chi connectivity index (χ0) is 13.5. The first-order valence-electron chi connectivity index (χ1n) is 5.20. The van der Waals surface area contributed by atoms with Gasteiger partial charge in [-0.05, 0) is 18.6 Å².